The molecule has 0 spiro atoms. The van der Waals surface area contributed by atoms with Crippen LogP contribution in [0.2, 0.25) is 0 Å². The minimum absolute atomic E-state index is 0.780. The van der Waals surface area contributed by atoms with Crippen LogP contribution in [-0.4, -0.2) is 13.8 Å². The predicted octanol–water partition coefficient (Wildman–Crippen LogP) is -1.09. The Hall–Kier alpha value is -0.850. The first-order valence-corrected chi connectivity index (χ1v) is 1.76. The minimum atomic E-state index is -0.780. The lowest BCUT2D eigenvalue weighted by atomic mass is 11.7. The Morgan fingerprint density at radius 2 is 2.38 bits per heavy atom. The Kier molecular flexibility index (Phi) is 3.85. The smallest absolute Gasteiger partial charge is 0.0991 e. The molecule has 0 aromatic carbocycles. The van der Waals surface area contributed by atoms with E-state index < -0.39 is 5.34 Å². The third-order valence-electron chi connectivity index (χ3n) is 0.364. The van der Waals surface area contributed by atoms with Crippen LogP contribution in [0.1, 0.15) is 0 Å². The van der Waals surface area contributed by atoms with Crippen molar-refractivity contribution in [2.45, 2.75) is 0 Å². The van der Waals surface area contributed by atoms with Crippen LogP contribution in [0.5, 0.6) is 0 Å². The second kappa shape index (κ2) is 4.31. The van der Waals surface area contributed by atoms with Crippen LogP contribution in [0.25, 0.3) is 0 Å². The zero-order chi connectivity index (χ0) is 6.41. The molecule has 0 aliphatic carbocycles. The molecule has 0 amide bonds. The second-order valence-corrected chi connectivity index (χ2v) is 0.801. The quantitative estimate of drug-likeness (QED) is 0.290. The molecule has 0 saturated carbocycles. The van der Waals surface area contributed by atoms with Crippen LogP contribution >= 0.6 is 0 Å². The van der Waals surface area contributed by atoms with Gasteiger partial charge in [0.25, 0.3) is 0 Å². The van der Waals surface area contributed by atoms with Crippen LogP contribution in [0.4, 0.5) is 0 Å². The van der Waals surface area contributed by atoms with Crippen molar-refractivity contribution < 1.29 is 10.2 Å². The lowest BCUT2D eigenvalue weighted by molar-refractivity contribution is -1.06. The van der Waals surface area contributed by atoms with Gasteiger partial charge in [-0.15, -0.1) is 5.10 Å². The molecular weight excluding hydrogens is 112 g/mol. The molecule has 1 unspecified atom stereocenters. The highest BCUT2D eigenvalue weighted by Crippen LogP contribution is 1.60. The Labute approximate surface area is 46.0 Å². The Morgan fingerprint density at radius 1 is 1.75 bits per heavy atom. The Morgan fingerprint density at radius 3 is 2.75 bits per heavy atom. The maximum Gasteiger partial charge on any atom is 0.0991 e. The summed E-state index contributed by atoms with van der Waals surface area (Å²) in [6.07, 6.45) is 0. The van der Waals surface area contributed by atoms with Gasteiger partial charge in [0.05, 0.1) is 12.3 Å². The normalized spacial score (nSPS) is 14.2. The molecule has 0 radical (unpaired) electrons. The molecular formula is C2H6N4O2. The Bertz CT molecular complexity index is 92.0. The lowest BCUT2D eigenvalue weighted by Crippen LogP contribution is -3.00. The molecule has 1 atom stereocenters. The van der Waals surface area contributed by atoms with Crippen LogP contribution in [-0.2, 0) is 4.84 Å². The molecule has 0 aromatic heterocycles. The second-order valence-electron chi connectivity index (χ2n) is 0.801. The summed E-state index contributed by atoms with van der Waals surface area (Å²) in [5, 5.41) is 18.0. The molecule has 0 heterocycles. The number of nitrogens with zero attached hydrogens (tertiary/aromatic N) is 3. The molecule has 46 valence electrons. The molecule has 6 heteroatoms. The molecule has 6 nitrogen and oxygen atoms in total. The van der Waals surface area contributed by atoms with Crippen molar-refractivity contribution in [3.05, 3.63) is 5.21 Å². The largest absolute Gasteiger partial charge is 0.571 e. The van der Waals surface area contributed by atoms with Crippen molar-refractivity contribution in [2.24, 2.45) is 15.5 Å². The van der Waals surface area contributed by atoms with Gasteiger partial charge in [0.15, 0.2) is 0 Å². The lowest BCUT2D eigenvalue weighted by Gasteiger charge is -2.04. The Balaban J connectivity index is 3.35. The fraction of sp³-hybridized carbons (Fsp3) is 0.500. The summed E-state index contributed by atoms with van der Waals surface area (Å²) in [5.74, 6) is 0. The third-order valence-corrected chi connectivity index (χ3v) is 0.364. The zero-order valence-electron chi connectivity index (χ0n) is 4.37. The van der Waals surface area contributed by atoms with E-state index in [9.17, 15) is 5.21 Å². The van der Waals surface area contributed by atoms with Gasteiger partial charge in [0.2, 0.25) is 0 Å². The van der Waals surface area contributed by atoms with Gasteiger partial charge in [-0.1, -0.05) is 5.34 Å². The number of nitrogens with one attached hydrogen (secondary N) is 1. The van der Waals surface area contributed by atoms with E-state index in [0.29, 0.717) is 0 Å². The van der Waals surface area contributed by atoms with Gasteiger partial charge in [0.1, 0.15) is 0 Å². The maximum absolute atomic E-state index is 10.0. The van der Waals surface area contributed by atoms with Crippen LogP contribution in [0.15, 0.2) is 15.5 Å². The first-order chi connectivity index (χ1) is 3.81. The third kappa shape index (κ3) is 3.34. The number of rotatable bonds is 3. The van der Waals surface area contributed by atoms with Gasteiger partial charge in [-0.25, -0.2) is 0 Å². The van der Waals surface area contributed by atoms with Gasteiger partial charge in [-0.2, -0.15) is 4.84 Å². The van der Waals surface area contributed by atoms with Crippen LogP contribution in [0, 0.1) is 5.21 Å². The highest BCUT2D eigenvalue weighted by atomic mass is 16.9. The van der Waals surface area contributed by atoms with Crippen molar-refractivity contribution >= 4 is 6.72 Å². The van der Waals surface area contributed by atoms with E-state index in [2.05, 4.69) is 27.1 Å². The van der Waals surface area contributed by atoms with Crippen LogP contribution in [0.3, 0.4) is 0 Å². The maximum atomic E-state index is 10.0. The molecule has 0 saturated heterocycles. The van der Waals surface area contributed by atoms with Crippen molar-refractivity contribution in [1.82, 2.24) is 0 Å². The highest BCUT2D eigenvalue weighted by Gasteiger charge is 1.82. The molecule has 0 bridgehead atoms. The van der Waals surface area contributed by atoms with Gasteiger partial charge in [-0.3, -0.25) is 0 Å². The van der Waals surface area contributed by atoms with Gasteiger partial charge >= 0.3 is 0 Å². The van der Waals surface area contributed by atoms with E-state index in [1.165, 1.54) is 7.11 Å². The van der Waals surface area contributed by atoms with Crippen molar-refractivity contribution in [1.29, 1.82) is 0 Å². The summed E-state index contributed by atoms with van der Waals surface area (Å²) in [4.78, 5) is 4.07. The fourth-order valence-corrected chi connectivity index (χ4v) is 0.109. The summed E-state index contributed by atoms with van der Waals surface area (Å²) < 4.78 is 0. The van der Waals surface area contributed by atoms with Crippen molar-refractivity contribution in [3.8, 4) is 0 Å². The van der Waals surface area contributed by atoms with Gasteiger partial charge < -0.3 is 5.21 Å². The van der Waals surface area contributed by atoms with Crippen molar-refractivity contribution in [3.63, 3.8) is 0 Å². The fourth-order valence-electron chi connectivity index (χ4n) is 0.109. The SMILES string of the molecule is C=N/N=N/[NH+]([O-])OC. The molecule has 8 heavy (non-hydrogen) atoms. The van der Waals surface area contributed by atoms with Crippen LogP contribution < -0.4 is 5.34 Å². The average Bonchev–Trinajstić information content (AvgIpc) is 1.83. The van der Waals surface area contributed by atoms with Crippen molar-refractivity contribution in [2.75, 3.05) is 7.11 Å². The molecule has 0 fully saturated rings. The van der Waals surface area contributed by atoms with E-state index in [1.54, 1.807) is 0 Å². The number of hydrogen-bond acceptors (Lipinski definition) is 4. The zero-order valence-corrected chi connectivity index (χ0v) is 4.37. The van der Waals surface area contributed by atoms with E-state index in [1.807, 2.05) is 0 Å². The molecule has 1 N–H and O–H groups in total. The number of hydrogen-bond donors (Lipinski definition) is 1. The average molecular weight is 118 g/mol. The van der Waals surface area contributed by atoms with Gasteiger partial charge in [0, 0.05) is 11.9 Å². The first kappa shape index (κ1) is 7.15. The summed E-state index contributed by atoms with van der Waals surface area (Å²) >= 11 is 0. The van der Waals surface area contributed by atoms with E-state index in [4.69, 9.17) is 0 Å². The molecule has 0 aromatic rings. The minimum Gasteiger partial charge on any atom is -0.571 e. The predicted molar refractivity (Wildman–Crippen MR) is 25.7 cm³/mol. The summed E-state index contributed by atoms with van der Waals surface area (Å²) in [7, 11) is 1.20. The summed E-state index contributed by atoms with van der Waals surface area (Å²) in [6, 6.07) is 0. The molecule has 0 aliphatic heterocycles. The monoisotopic (exact) mass is 118 g/mol. The molecule has 0 rings (SSSR count). The summed E-state index contributed by atoms with van der Waals surface area (Å²) in [6.45, 7) is 2.95. The van der Waals surface area contributed by atoms with Gasteiger partial charge in [-0.05, 0) is 0 Å². The van der Waals surface area contributed by atoms with E-state index in [0.717, 1.165) is 0 Å². The standard InChI is InChI=1S/C2H6N4O2/c1-3-4-5-6(7)8-2/h6H,1H2,2H3/b5-4+. The van der Waals surface area contributed by atoms with E-state index >= 15 is 0 Å². The summed E-state index contributed by atoms with van der Waals surface area (Å²) in [5.41, 5.74) is 0. The molecule has 0 aliphatic rings. The topological polar surface area (TPSA) is 73.8 Å². The highest BCUT2D eigenvalue weighted by molar-refractivity contribution is 5.22. The first-order valence-electron chi connectivity index (χ1n) is 1.76. The van der Waals surface area contributed by atoms with E-state index in [-0.39, 0.29) is 0 Å². The number of quaternary nitrogens is 1.